The highest BCUT2D eigenvalue weighted by molar-refractivity contribution is 14.1. The van der Waals surface area contributed by atoms with Crippen LogP contribution in [-0.4, -0.2) is 50.9 Å². The van der Waals surface area contributed by atoms with Gasteiger partial charge in [0, 0.05) is 5.69 Å². The Morgan fingerprint density at radius 1 is 1.03 bits per heavy atom. The molecule has 0 aliphatic rings. The summed E-state index contributed by atoms with van der Waals surface area (Å²) in [6.07, 6.45) is 1.01. The van der Waals surface area contributed by atoms with E-state index in [1.807, 2.05) is 29.5 Å². The van der Waals surface area contributed by atoms with Crippen LogP contribution in [0.3, 0.4) is 0 Å². The molecule has 0 atom stereocenters. The van der Waals surface area contributed by atoms with E-state index >= 15 is 0 Å². The fourth-order valence-corrected chi connectivity index (χ4v) is 3.44. The lowest BCUT2D eigenvalue weighted by Crippen LogP contribution is -2.24. The zero-order chi connectivity index (χ0) is 24.9. The Labute approximate surface area is 211 Å². The van der Waals surface area contributed by atoms with E-state index in [2.05, 4.69) is 15.8 Å². The van der Waals surface area contributed by atoms with Crippen molar-refractivity contribution in [3.05, 3.63) is 45.5 Å². The molecule has 10 nitrogen and oxygen atoms in total. The second kappa shape index (κ2) is 14.0. The van der Waals surface area contributed by atoms with Crippen LogP contribution in [0.25, 0.3) is 0 Å². The van der Waals surface area contributed by atoms with Gasteiger partial charge in [-0.05, 0) is 78.4 Å². The minimum atomic E-state index is -0.573. The SMILES string of the molecule is CCOC(=O)COc1c(I)cc(C=NNC(=O)CC(=O)Nc2ccc(OCC)cc2)cc1OC. The number of esters is 1. The molecule has 2 N–H and O–H groups in total. The maximum Gasteiger partial charge on any atom is 0.344 e. The average Bonchev–Trinajstić information content (AvgIpc) is 2.79. The summed E-state index contributed by atoms with van der Waals surface area (Å²) < 4.78 is 21.7. The monoisotopic (exact) mass is 583 g/mol. The fraction of sp³-hybridized carbons (Fsp3) is 0.304. The maximum absolute atomic E-state index is 12.1. The number of nitrogens with zero attached hydrogens (tertiary/aromatic N) is 1. The summed E-state index contributed by atoms with van der Waals surface area (Å²) in [6, 6.07) is 10.2. The number of hydrazone groups is 1. The number of nitrogens with one attached hydrogen (secondary N) is 2. The van der Waals surface area contributed by atoms with Gasteiger partial charge < -0.3 is 24.3 Å². The van der Waals surface area contributed by atoms with Gasteiger partial charge in [-0.1, -0.05) is 0 Å². The van der Waals surface area contributed by atoms with Gasteiger partial charge in [0.2, 0.25) is 11.8 Å². The molecule has 0 unspecified atom stereocenters. The van der Waals surface area contributed by atoms with Crippen molar-refractivity contribution in [2.24, 2.45) is 5.10 Å². The summed E-state index contributed by atoms with van der Waals surface area (Å²) in [6.45, 7) is 4.16. The fourth-order valence-electron chi connectivity index (χ4n) is 2.66. The van der Waals surface area contributed by atoms with E-state index < -0.39 is 24.2 Å². The lowest BCUT2D eigenvalue weighted by molar-refractivity contribution is -0.145. The Morgan fingerprint density at radius 3 is 2.41 bits per heavy atom. The van der Waals surface area contributed by atoms with Crippen LogP contribution in [0.15, 0.2) is 41.5 Å². The smallest absolute Gasteiger partial charge is 0.344 e. The first-order valence-corrected chi connectivity index (χ1v) is 11.4. The van der Waals surface area contributed by atoms with Crippen molar-refractivity contribution in [3.8, 4) is 17.2 Å². The molecule has 34 heavy (non-hydrogen) atoms. The van der Waals surface area contributed by atoms with Gasteiger partial charge in [0.1, 0.15) is 12.2 Å². The molecule has 11 heteroatoms. The highest BCUT2D eigenvalue weighted by atomic mass is 127. The molecule has 0 bridgehead atoms. The minimum absolute atomic E-state index is 0.248. The highest BCUT2D eigenvalue weighted by Gasteiger charge is 2.14. The van der Waals surface area contributed by atoms with E-state index in [0.717, 1.165) is 0 Å². The predicted molar refractivity (Wildman–Crippen MR) is 134 cm³/mol. The molecule has 0 radical (unpaired) electrons. The van der Waals surface area contributed by atoms with Crippen LogP contribution < -0.4 is 25.0 Å². The quantitative estimate of drug-likeness (QED) is 0.129. The number of carbonyl (C=O) groups excluding carboxylic acids is 3. The first-order valence-electron chi connectivity index (χ1n) is 10.4. The number of anilines is 1. The number of hydrogen-bond donors (Lipinski definition) is 2. The molecule has 0 fully saturated rings. The summed E-state index contributed by atoms with van der Waals surface area (Å²) >= 11 is 2.03. The molecule has 0 spiro atoms. The Hall–Kier alpha value is -3.35. The molecular weight excluding hydrogens is 557 g/mol. The van der Waals surface area contributed by atoms with Crippen LogP contribution in [0.1, 0.15) is 25.8 Å². The van der Waals surface area contributed by atoms with Gasteiger partial charge in [-0.3, -0.25) is 9.59 Å². The van der Waals surface area contributed by atoms with Gasteiger partial charge in [-0.15, -0.1) is 0 Å². The minimum Gasteiger partial charge on any atom is -0.494 e. The molecule has 0 saturated heterocycles. The second-order valence-electron chi connectivity index (χ2n) is 6.60. The van der Waals surface area contributed by atoms with Gasteiger partial charge in [0.05, 0.1) is 30.1 Å². The van der Waals surface area contributed by atoms with Crippen LogP contribution in [0.5, 0.6) is 17.2 Å². The van der Waals surface area contributed by atoms with Gasteiger partial charge in [-0.25, -0.2) is 10.2 Å². The Morgan fingerprint density at radius 2 is 1.76 bits per heavy atom. The van der Waals surface area contributed by atoms with E-state index in [1.54, 1.807) is 43.3 Å². The van der Waals surface area contributed by atoms with Gasteiger partial charge >= 0.3 is 5.97 Å². The maximum atomic E-state index is 12.1. The molecule has 0 aliphatic carbocycles. The number of halogens is 1. The van der Waals surface area contributed by atoms with Crippen LogP contribution in [0.2, 0.25) is 0 Å². The van der Waals surface area contributed by atoms with E-state index in [0.29, 0.717) is 38.7 Å². The summed E-state index contributed by atoms with van der Waals surface area (Å²) in [5.41, 5.74) is 3.48. The molecule has 182 valence electrons. The van der Waals surface area contributed by atoms with Gasteiger partial charge in [0.15, 0.2) is 18.1 Å². The first kappa shape index (κ1) is 26.9. The van der Waals surface area contributed by atoms with Crippen molar-refractivity contribution in [2.75, 3.05) is 32.2 Å². The van der Waals surface area contributed by atoms with Crippen LogP contribution in [0.4, 0.5) is 5.69 Å². The molecule has 0 saturated carbocycles. The molecule has 0 aromatic heterocycles. The van der Waals surface area contributed by atoms with Crippen molar-refractivity contribution in [2.45, 2.75) is 20.3 Å². The number of ether oxygens (including phenoxy) is 4. The third-order valence-corrected chi connectivity index (χ3v) is 4.87. The van der Waals surface area contributed by atoms with Crippen LogP contribution in [0, 0.1) is 3.57 Å². The normalized spacial score (nSPS) is 10.5. The standard InChI is InChI=1S/C23H26IN3O7/c1-4-32-17-8-6-16(7-9-17)26-20(28)12-21(29)27-25-13-15-10-18(24)23(19(11-15)31-3)34-14-22(30)33-5-2/h6-11,13H,4-5,12,14H2,1-3H3,(H,26,28)(H,27,29). The Bertz CT molecular complexity index is 1030. The Kier molecular flexibility index (Phi) is 11.1. The molecule has 0 heterocycles. The van der Waals surface area contributed by atoms with Gasteiger partial charge in [0.25, 0.3) is 0 Å². The molecular formula is C23H26IN3O7. The summed E-state index contributed by atoms with van der Waals surface area (Å²) in [4.78, 5) is 35.6. The summed E-state index contributed by atoms with van der Waals surface area (Å²) in [7, 11) is 1.47. The largest absolute Gasteiger partial charge is 0.494 e. The number of rotatable bonds is 12. The number of carbonyl (C=O) groups is 3. The lowest BCUT2D eigenvalue weighted by atomic mass is 10.2. The van der Waals surface area contributed by atoms with Crippen molar-refractivity contribution in [3.63, 3.8) is 0 Å². The first-order chi connectivity index (χ1) is 16.4. The highest BCUT2D eigenvalue weighted by Crippen LogP contribution is 2.33. The van der Waals surface area contributed by atoms with Gasteiger partial charge in [-0.2, -0.15) is 5.10 Å². The third kappa shape index (κ3) is 8.89. The van der Waals surface area contributed by atoms with Crippen molar-refractivity contribution < 1.29 is 33.3 Å². The Balaban J connectivity index is 1.89. The molecule has 0 aliphatic heterocycles. The van der Waals surface area contributed by atoms with E-state index in [9.17, 15) is 14.4 Å². The molecule has 2 aromatic carbocycles. The van der Waals surface area contributed by atoms with E-state index in [-0.39, 0.29) is 13.2 Å². The average molecular weight is 583 g/mol. The zero-order valence-electron chi connectivity index (χ0n) is 19.1. The topological polar surface area (TPSA) is 125 Å². The number of benzene rings is 2. The second-order valence-corrected chi connectivity index (χ2v) is 7.77. The van der Waals surface area contributed by atoms with E-state index in [1.165, 1.54) is 13.3 Å². The van der Waals surface area contributed by atoms with Crippen LogP contribution >= 0.6 is 22.6 Å². The number of amides is 2. The molecule has 2 aromatic rings. The van der Waals surface area contributed by atoms with Crippen molar-refractivity contribution in [1.29, 1.82) is 0 Å². The lowest BCUT2D eigenvalue weighted by Gasteiger charge is -2.13. The third-order valence-electron chi connectivity index (χ3n) is 4.06. The summed E-state index contributed by atoms with van der Waals surface area (Å²) in [5.74, 6) is -0.0633. The van der Waals surface area contributed by atoms with E-state index in [4.69, 9.17) is 18.9 Å². The van der Waals surface area contributed by atoms with Crippen molar-refractivity contribution in [1.82, 2.24) is 5.43 Å². The number of methoxy groups -OCH3 is 1. The molecule has 2 amide bonds. The van der Waals surface area contributed by atoms with Crippen LogP contribution in [-0.2, 0) is 19.1 Å². The predicted octanol–water partition coefficient (Wildman–Crippen LogP) is 3.12. The number of hydrogen-bond acceptors (Lipinski definition) is 8. The molecule has 2 rings (SSSR count). The van der Waals surface area contributed by atoms with Crippen molar-refractivity contribution >= 4 is 52.3 Å². The zero-order valence-corrected chi connectivity index (χ0v) is 21.2. The summed E-state index contributed by atoms with van der Waals surface area (Å²) in [5, 5.41) is 6.52.